The Morgan fingerprint density at radius 2 is 2.00 bits per heavy atom. The second-order valence-corrected chi connectivity index (χ2v) is 6.17. The lowest BCUT2D eigenvalue weighted by molar-refractivity contribution is -0.111. The second-order valence-electron chi connectivity index (χ2n) is 6.17. The Hall–Kier alpha value is -2.62. The molecule has 1 saturated carbocycles. The molecule has 1 N–H and O–H groups in total. The molecule has 116 valence electrons. The van der Waals surface area contributed by atoms with Gasteiger partial charge in [0, 0.05) is 28.1 Å². The van der Waals surface area contributed by atoms with Gasteiger partial charge in [0.15, 0.2) is 0 Å². The van der Waals surface area contributed by atoms with Gasteiger partial charge in [0.25, 0.3) is 5.91 Å². The Morgan fingerprint density at radius 1 is 1.22 bits per heavy atom. The van der Waals surface area contributed by atoms with Crippen LogP contribution in [-0.2, 0) is 4.79 Å². The maximum atomic E-state index is 12.9. The summed E-state index contributed by atoms with van der Waals surface area (Å²) in [7, 11) is 0. The molecule has 1 fully saturated rings. The third kappa shape index (κ3) is 2.05. The van der Waals surface area contributed by atoms with Crippen LogP contribution in [0.3, 0.4) is 0 Å². The Kier molecular flexibility index (Phi) is 3.18. The summed E-state index contributed by atoms with van der Waals surface area (Å²) in [6.45, 7) is 3.49. The summed E-state index contributed by atoms with van der Waals surface area (Å²) >= 11 is 0. The van der Waals surface area contributed by atoms with E-state index in [-0.39, 0.29) is 11.8 Å². The molecule has 23 heavy (non-hydrogen) atoms. The average Bonchev–Trinajstić information content (AvgIpc) is 3.18. The summed E-state index contributed by atoms with van der Waals surface area (Å²) in [6.07, 6.45) is 5.74. The molecule has 0 bridgehead atoms. The van der Waals surface area contributed by atoms with Gasteiger partial charge in [-0.3, -0.25) is 9.59 Å². The van der Waals surface area contributed by atoms with Crippen molar-refractivity contribution in [1.82, 2.24) is 0 Å². The number of carbonyl (C=O) groups excluding carboxylic acids is 2. The topological polar surface area (TPSA) is 49.4 Å². The Balaban J connectivity index is 1.88. The molecule has 0 radical (unpaired) electrons. The Labute approximate surface area is 134 Å². The zero-order valence-electron chi connectivity index (χ0n) is 12.8. The van der Waals surface area contributed by atoms with Crippen LogP contribution < -0.4 is 10.2 Å². The molecule has 0 aromatic heterocycles. The van der Waals surface area contributed by atoms with Gasteiger partial charge in [0.1, 0.15) is 0 Å². The van der Waals surface area contributed by atoms with Crippen molar-refractivity contribution in [3.8, 4) is 0 Å². The van der Waals surface area contributed by atoms with Crippen LogP contribution in [0, 0.1) is 0 Å². The van der Waals surface area contributed by atoms with Gasteiger partial charge in [0.05, 0.1) is 5.69 Å². The molecular formula is C19H18N2O2. The predicted octanol–water partition coefficient (Wildman–Crippen LogP) is 3.87. The minimum Gasteiger partial charge on any atom is -0.322 e. The number of nitrogens with zero attached hydrogens (tertiary/aromatic N) is 1. The molecule has 1 aliphatic carbocycles. The minimum absolute atomic E-state index is 0.0877. The highest BCUT2D eigenvalue weighted by Gasteiger charge is 2.36. The molecule has 4 nitrogen and oxygen atoms in total. The molecule has 2 aromatic carbocycles. The number of nitrogens with one attached hydrogen (secondary N) is 1. The summed E-state index contributed by atoms with van der Waals surface area (Å²) < 4.78 is 0. The zero-order chi connectivity index (χ0) is 16.0. The van der Waals surface area contributed by atoms with Crippen molar-refractivity contribution in [2.24, 2.45) is 0 Å². The van der Waals surface area contributed by atoms with Gasteiger partial charge in [-0.25, -0.2) is 0 Å². The third-order valence-electron chi connectivity index (χ3n) is 4.86. The van der Waals surface area contributed by atoms with Crippen LogP contribution in [0.4, 0.5) is 11.4 Å². The van der Waals surface area contributed by atoms with Crippen molar-refractivity contribution in [1.29, 1.82) is 0 Å². The Morgan fingerprint density at radius 3 is 2.74 bits per heavy atom. The first-order valence-corrected chi connectivity index (χ1v) is 8.03. The van der Waals surface area contributed by atoms with E-state index in [0.717, 1.165) is 40.6 Å². The first kappa shape index (κ1) is 14.0. The van der Waals surface area contributed by atoms with Gasteiger partial charge in [-0.1, -0.05) is 31.6 Å². The van der Waals surface area contributed by atoms with Crippen LogP contribution in [0.25, 0.3) is 10.8 Å². The van der Waals surface area contributed by atoms with E-state index >= 15 is 0 Å². The van der Waals surface area contributed by atoms with E-state index in [1.165, 1.54) is 18.9 Å². The fraction of sp³-hybridized carbons (Fsp3) is 0.263. The molecule has 0 unspecified atom stereocenters. The van der Waals surface area contributed by atoms with Gasteiger partial charge in [-0.05, 0) is 37.1 Å². The third-order valence-corrected chi connectivity index (χ3v) is 4.86. The molecular weight excluding hydrogens is 288 g/mol. The zero-order valence-corrected chi connectivity index (χ0v) is 12.8. The van der Waals surface area contributed by atoms with Gasteiger partial charge in [-0.2, -0.15) is 0 Å². The lowest BCUT2D eigenvalue weighted by Crippen LogP contribution is -2.35. The summed E-state index contributed by atoms with van der Waals surface area (Å²) in [5, 5.41) is 4.69. The van der Waals surface area contributed by atoms with Crippen molar-refractivity contribution in [3.05, 3.63) is 48.6 Å². The van der Waals surface area contributed by atoms with E-state index in [4.69, 9.17) is 0 Å². The van der Waals surface area contributed by atoms with E-state index in [1.807, 2.05) is 35.2 Å². The largest absolute Gasteiger partial charge is 0.322 e. The molecule has 0 spiro atoms. The SMILES string of the molecule is C=CC(=O)Nc1ccc2c3c(cccc13)C(=O)N2C1CCCC1. The molecule has 1 aliphatic heterocycles. The number of amides is 2. The number of hydrogen-bond donors (Lipinski definition) is 1. The van der Waals surface area contributed by atoms with Crippen LogP contribution in [0.15, 0.2) is 43.0 Å². The minimum atomic E-state index is -0.248. The normalized spacial score (nSPS) is 17.0. The number of anilines is 2. The second kappa shape index (κ2) is 5.23. The number of hydrogen-bond acceptors (Lipinski definition) is 2. The summed E-state index contributed by atoms with van der Waals surface area (Å²) in [5.74, 6) is -0.160. The van der Waals surface area contributed by atoms with E-state index in [2.05, 4.69) is 11.9 Å². The van der Waals surface area contributed by atoms with Gasteiger partial charge in [0.2, 0.25) is 5.91 Å². The monoisotopic (exact) mass is 306 g/mol. The molecule has 2 aromatic rings. The van der Waals surface area contributed by atoms with Crippen molar-refractivity contribution < 1.29 is 9.59 Å². The molecule has 2 aliphatic rings. The standard InChI is InChI=1S/C19H18N2O2/c1-2-17(22)20-15-10-11-16-18-13(15)8-5-9-14(18)19(23)21(16)12-6-3-4-7-12/h2,5,8-12H,1,3-4,6-7H2,(H,20,22). The van der Waals surface area contributed by atoms with E-state index in [0.29, 0.717) is 6.04 Å². The lowest BCUT2D eigenvalue weighted by atomic mass is 10.0. The maximum absolute atomic E-state index is 12.9. The van der Waals surface area contributed by atoms with Crippen molar-refractivity contribution in [2.45, 2.75) is 31.7 Å². The van der Waals surface area contributed by atoms with Gasteiger partial charge in [-0.15, -0.1) is 0 Å². The highest BCUT2D eigenvalue weighted by Crippen LogP contribution is 2.43. The smallest absolute Gasteiger partial charge is 0.259 e. The average molecular weight is 306 g/mol. The van der Waals surface area contributed by atoms with Crippen LogP contribution in [-0.4, -0.2) is 17.9 Å². The van der Waals surface area contributed by atoms with Gasteiger partial charge < -0.3 is 10.2 Å². The van der Waals surface area contributed by atoms with Crippen molar-refractivity contribution >= 4 is 34.0 Å². The fourth-order valence-corrected chi connectivity index (χ4v) is 3.82. The van der Waals surface area contributed by atoms with Gasteiger partial charge >= 0.3 is 0 Å². The van der Waals surface area contributed by atoms with E-state index in [9.17, 15) is 9.59 Å². The quantitative estimate of drug-likeness (QED) is 0.875. The number of benzene rings is 2. The molecule has 4 rings (SSSR count). The summed E-state index contributed by atoms with van der Waals surface area (Å²) in [5.41, 5.74) is 2.43. The van der Waals surface area contributed by atoms with Crippen molar-refractivity contribution in [3.63, 3.8) is 0 Å². The molecule has 0 saturated heterocycles. The maximum Gasteiger partial charge on any atom is 0.259 e. The first-order valence-electron chi connectivity index (χ1n) is 8.03. The van der Waals surface area contributed by atoms with Crippen LogP contribution >= 0.6 is 0 Å². The number of carbonyl (C=O) groups is 2. The molecule has 1 heterocycles. The number of rotatable bonds is 3. The summed E-state index contributed by atoms with van der Waals surface area (Å²) in [6, 6.07) is 9.83. The van der Waals surface area contributed by atoms with Crippen LogP contribution in [0.1, 0.15) is 36.0 Å². The highest BCUT2D eigenvalue weighted by atomic mass is 16.2. The van der Waals surface area contributed by atoms with Crippen molar-refractivity contribution in [2.75, 3.05) is 10.2 Å². The molecule has 2 amide bonds. The highest BCUT2D eigenvalue weighted by molar-refractivity contribution is 6.27. The van der Waals surface area contributed by atoms with E-state index < -0.39 is 0 Å². The summed E-state index contributed by atoms with van der Waals surface area (Å²) in [4.78, 5) is 26.5. The first-order chi connectivity index (χ1) is 11.2. The molecule has 0 atom stereocenters. The fourth-order valence-electron chi connectivity index (χ4n) is 3.82. The predicted molar refractivity (Wildman–Crippen MR) is 91.8 cm³/mol. The van der Waals surface area contributed by atoms with E-state index in [1.54, 1.807) is 0 Å². The van der Waals surface area contributed by atoms with Crippen LogP contribution in [0.5, 0.6) is 0 Å². The molecule has 4 heteroatoms. The van der Waals surface area contributed by atoms with Crippen LogP contribution in [0.2, 0.25) is 0 Å². The lowest BCUT2D eigenvalue weighted by Gasteiger charge is -2.25. The Bertz CT molecular complexity index is 835.